The van der Waals surface area contributed by atoms with Crippen molar-refractivity contribution in [3.05, 3.63) is 76.6 Å². The zero-order valence-electron chi connectivity index (χ0n) is 15.0. The normalized spacial score (nSPS) is 10.9. The van der Waals surface area contributed by atoms with Gasteiger partial charge in [-0.05, 0) is 50.2 Å². The molecular weight excluding hydrogens is 364 g/mol. The second-order valence-corrected chi connectivity index (χ2v) is 6.05. The zero-order chi connectivity index (χ0) is 19.2. The number of carbonyl (C=O) groups is 1. The Labute approximate surface area is 162 Å². The highest BCUT2D eigenvalue weighted by molar-refractivity contribution is 6.32. The van der Waals surface area contributed by atoms with Crippen LogP contribution in [0.5, 0.6) is 5.75 Å². The number of amides is 1. The highest BCUT2D eigenvalue weighted by Gasteiger charge is 2.13. The van der Waals surface area contributed by atoms with Crippen LogP contribution in [0.2, 0.25) is 5.15 Å². The standard InChI is InChI=1S/C20H19ClN4O2/c1-3-27-17-11-9-15(10-12-17)20(26)23-22-13-18-14(2)24-25(19(18)21)16-7-5-4-6-8-16/h4-13H,3H2,1-2H3,(H,23,26)/b22-13+. The molecule has 0 bridgehead atoms. The summed E-state index contributed by atoms with van der Waals surface area (Å²) in [5.41, 5.74) is 5.19. The quantitative estimate of drug-likeness (QED) is 0.517. The fourth-order valence-electron chi connectivity index (χ4n) is 2.49. The van der Waals surface area contributed by atoms with Gasteiger partial charge in [-0.15, -0.1) is 0 Å². The zero-order valence-corrected chi connectivity index (χ0v) is 15.8. The Bertz CT molecular complexity index is 950. The lowest BCUT2D eigenvalue weighted by atomic mass is 10.2. The monoisotopic (exact) mass is 382 g/mol. The average molecular weight is 383 g/mol. The van der Waals surface area contributed by atoms with Gasteiger partial charge in [-0.25, -0.2) is 10.1 Å². The molecule has 1 aromatic heterocycles. The van der Waals surface area contributed by atoms with Crippen LogP contribution < -0.4 is 10.2 Å². The number of aryl methyl sites for hydroxylation is 1. The number of halogens is 1. The minimum atomic E-state index is -0.321. The molecule has 0 saturated carbocycles. The Hall–Kier alpha value is -3.12. The molecule has 0 fully saturated rings. The van der Waals surface area contributed by atoms with E-state index < -0.39 is 0 Å². The molecule has 138 valence electrons. The Balaban J connectivity index is 1.71. The minimum absolute atomic E-state index is 0.321. The molecule has 3 aromatic rings. The highest BCUT2D eigenvalue weighted by atomic mass is 35.5. The van der Waals surface area contributed by atoms with E-state index in [4.69, 9.17) is 16.3 Å². The summed E-state index contributed by atoms with van der Waals surface area (Å²) in [6.07, 6.45) is 1.50. The Morgan fingerprint density at radius 3 is 2.59 bits per heavy atom. The summed E-state index contributed by atoms with van der Waals surface area (Å²) in [5, 5.41) is 8.87. The largest absolute Gasteiger partial charge is 0.494 e. The smallest absolute Gasteiger partial charge is 0.271 e. The van der Waals surface area contributed by atoms with Gasteiger partial charge in [0.25, 0.3) is 5.91 Å². The van der Waals surface area contributed by atoms with E-state index in [9.17, 15) is 4.79 Å². The number of nitrogens with one attached hydrogen (secondary N) is 1. The molecule has 1 amide bonds. The van der Waals surface area contributed by atoms with Gasteiger partial charge in [-0.3, -0.25) is 4.79 Å². The van der Waals surface area contributed by atoms with Crippen molar-refractivity contribution >= 4 is 23.7 Å². The molecule has 0 aliphatic rings. The number of nitrogens with zero attached hydrogens (tertiary/aromatic N) is 3. The number of rotatable bonds is 6. The molecule has 1 N–H and O–H groups in total. The molecule has 7 heteroatoms. The van der Waals surface area contributed by atoms with Gasteiger partial charge in [0.15, 0.2) is 0 Å². The maximum absolute atomic E-state index is 12.2. The number of benzene rings is 2. The van der Waals surface area contributed by atoms with Crippen LogP contribution in [0.1, 0.15) is 28.5 Å². The summed E-state index contributed by atoms with van der Waals surface area (Å²) in [5.74, 6) is 0.395. The van der Waals surface area contributed by atoms with Crippen LogP contribution in [0.15, 0.2) is 59.7 Å². The first kappa shape index (κ1) is 18.7. The predicted octanol–water partition coefficient (Wildman–Crippen LogP) is 4.00. The van der Waals surface area contributed by atoms with Gasteiger partial charge in [-0.2, -0.15) is 10.2 Å². The van der Waals surface area contributed by atoms with Crippen LogP contribution in [0.25, 0.3) is 5.69 Å². The average Bonchev–Trinajstić information content (AvgIpc) is 2.97. The number of para-hydroxylation sites is 1. The second kappa shape index (κ2) is 8.51. The van der Waals surface area contributed by atoms with Crippen molar-refractivity contribution in [2.45, 2.75) is 13.8 Å². The van der Waals surface area contributed by atoms with Crippen LogP contribution in [-0.2, 0) is 0 Å². The molecule has 1 heterocycles. The molecule has 0 saturated heterocycles. The molecule has 0 aliphatic heterocycles. The lowest BCUT2D eigenvalue weighted by Gasteiger charge is -2.04. The lowest BCUT2D eigenvalue weighted by molar-refractivity contribution is 0.0955. The lowest BCUT2D eigenvalue weighted by Crippen LogP contribution is -2.17. The first-order chi connectivity index (χ1) is 13.1. The number of aromatic nitrogens is 2. The van der Waals surface area contributed by atoms with Gasteiger partial charge in [0, 0.05) is 5.56 Å². The summed E-state index contributed by atoms with van der Waals surface area (Å²) in [4.78, 5) is 12.2. The molecule has 27 heavy (non-hydrogen) atoms. The Morgan fingerprint density at radius 2 is 1.93 bits per heavy atom. The van der Waals surface area contributed by atoms with Gasteiger partial charge >= 0.3 is 0 Å². The third-order valence-electron chi connectivity index (χ3n) is 3.84. The molecule has 0 atom stereocenters. The van der Waals surface area contributed by atoms with E-state index in [1.165, 1.54) is 6.21 Å². The van der Waals surface area contributed by atoms with Crippen molar-refractivity contribution in [1.82, 2.24) is 15.2 Å². The van der Waals surface area contributed by atoms with Crippen molar-refractivity contribution in [2.24, 2.45) is 5.10 Å². The maximum atomic E-state index is 12.2. The second-order valence-electron chi connectivity index (χ2n) is 5.69. The van der Waals surface area contributed by atoms with Crippen molar-refractivity contribution in [1.29, 1.82) is 0 Å². The molecular formula is C20H19ClN4O2. The van der Waals surface area contributed by atoms with Crippen LogP contribution >= 0.6 is 11.6 Å². The van der Waals surface area contributed by atoms with E-state index in [1.54, 1.807) is 28.9 Å². The van der Waals surface area contributed by atoms with E-state index in [0.29, 0.717) is 34.3 Å². The third kappa shape index (κ3) is 4.35. The SMILES string of the molecule is CCOc1ccc(C(=O)N/N=C/c2c(C)nn(-c3ccccc3)c2Cl)cc1. The number of carbonyl (C=O) groups excluding carboxylic acids is 1. The Kier molecular flexibility index (Phi) is 5.88. The van der Waals surface area contributed by atoms with Crippen molar-refractivity contribution in [3.63, 3.8) is 0 Å². The van der Waals surface area contributed by atoms with Crippen molar-refractivity contribution < 1.29 is 9.53 Å². The van der Waals surface area contributed by atoms with Crippen LogP contribution in [0.3, 0.4) is 0 Å². The summed E-state index contributed by atoms with van der Waals surface area (Å²) in [6.45, 7) is 4.32. The van der Waals surface area contributed by atoms with Crippen LogP contribution in [-0.4, -0.2) is 28.5 Å². The number of hydrazone groups is 1. The van der Waals surface area contributed by atoms with Gasteiger partial charge < -0.3 is 4.74 Å². The molecule has 3 rings (SSSR count). The topological polar surface area (TPSA) is 68.5 Å². The molecule has 0 radical (unpaired) electrons. The summed E-state index contributed by atoms with van der Waals surface area (Å²) >= 11 is 6.43. The van der Waals surface area contributed by atoms with E-state index in [-0.39, 0.29) is 5.91 Å². The van der Waals surface area contributed by atoms with Gasteiger partial charge in [0.05, 0.1) is 29.8 Å². The molecule has 0 spiro atoms. The van der Waals surface area contributed by atoms with E-state index in [0.717, 1.165) is 5.69 Å². The number of hydrogen-bond acceptors (Lipinski definition) is 4. The van der Waals surface area contributed by atoms with E-state index in [2.05, 4.69) is 15.6 Å². The minimum Gasteiger partial charge on any atom is -0.494 e. The molecule has 6 nitrogen and oxygen atoms in total. The maximum Gasteiger partial charge on any atom is 0.271 e. The fraction of sp³-hybridized carbons (Fsp3) is 0.150. The van der Waals surface area contributed by atoms with E-state index in [1.807, 2.05) is 44.2 Å². The summed E-state index contributed by atoms with van der Waals surface area (Å²) in [7, 11) is 0. The van der Waals surface area contributed by atoms with Crippen LogP contribution in [0.4, 0.5) is 0 Å². The van der Waals surface area contributed by atoms with Crippen LogP contribution in [0, 0.1) is 6.92 Å². The number of ether oxygens (including phenoxy) is 1. The predicted molar refractivity (Wildman–Crippen MR) is 106 cm³/mol. The van der Waals surface area contributed by atoms with E-state index >= 15 is 0 Å². The molecule has 0 unspecified atom stereocenters. The molecule has 0 aliphatic carbocycles. The van der Waals surface area contributed by atoms with Gasteiger partial charge in [-0.1, -0.05) is 29.8 Å². The first-order valence-electron chi connectivity index (χ1n) is 8.47. The number of hydrogen-bond donors (Lipinski definition) is 1. The third-order valence-corrected chi connectivity index (χ3v) is 4.20. The summed E-state index contributed by atoms with van der Waals surface area (Å²) in [6, 6.07) is 16.4. The summed E-state index contributed by atoms with van der Waals surface area (Å²) < 4.78 is 6.99. The van der Waals surface area contributed by atoms with Crippen molar-refractivity contribution in [3.8, 4) is 11.4 Å². The Morgan fingerprint density at radius 1 is 1.22 bits per heavy atom. The van der Waals surface area contributed by atoms with Crippen molar-refractivity contribution in [2.75, 3.05) is 6.61 Å². The fourth-order valence-corrected chi connectivity index (χ4v) is 2.81. The highest BCUT2D eigenvalue weighted by Crippen LogP contribution is 2.21. The first-order valence-corrected chi connectivity index (χ1v) is 8.84. The van der Waals surface area contributed by atoms with Gasteiger partial charge in [0.2, 0.25) is 0 Å². The molecule has 2 aromatic carbocycles. The van der Waals surface area contributed by atoms with Gasteiger partial charge in [0.1, 0.15) is 10.9 Å².